The molecule has 1 amide bonds. The Hall–Kier alpha value is -1.55. The number of phenols is 1. The number of nitrogens with zero attached hydrogens (tertiary/aromatic N) is 2. The molecule has 1 fully saturated rings. The molecule has 0 aromatic heterocycles. The molecule has 15 heavy (non-hydrogen) atoms. The van der Waals surface area contributed by atoms with Crippen molar-refractivity contribution in [3.05, 3.63) is 30.3 Å². The smallest absolute Gasteiger partial charge is 0.237 e. The second kappa shape index (κ2) is 5.36. The lowest BCUT2D eigenvalue weighted by Crippen LogP contribution is -2.20. The van der Waals surface area contributed by atoms with Gasteiger partial charge in [-0.2, -0.15) is 0 Å². The van der Waals surface area contributed by atoms with Crippen molar-refractivity contribution in [3.8, 4) is 5.75 Å². The van der Waals surface area contributed by atoms with Crippen LogP contribution >= 0.6 is 0 Å². The first-order valence-electron chi connectivity index (χ1n) is 4.76. The zero-order valence-electron chi connectivity index (χ0n) is 9.05. The van der Waals surface area contributed by atoms with Gasteiger partial charge in [0.15, 0.2) is 0 Å². The molecule has 0 bridgehead atoms. The molecule has 1 saturated heterocycles. The molecular formula is C11H16N2O2. The minimum Gasteiger partial charge on any atom is -0.508 e. The summed E-state index contributed by atoms with van der Waals surface area (Å²) in [5, 5.41) is 8.63. The molecule has 0 unspecified atom stereocenters. The minimum atomic E-state index is 0.215. The lowest BCUT2D eigenvalue weighted by atomic mass is 10.3. The Labute approximate surface area is 89.7 Å². The van der Waals surface area contributed by atoms with Crippen molar-refractivity contribution < 1.29 is 9.90 Å². The van der Waals surface area contributed by atoms with Crippen LogP contribution in [-0.4, -0.2) is 48.1 Å². The summed E-state index contributed by atoms with van der Waals surface area (Å²) in [5.41, 5.74) is 0. The Kier molecular flexibility index (Phi) is 4.12. The SMILES string of the molecule is CN1CC(=O)N(C)C1.Oc1ccccc1. The third kappa shape index (κ3) is 3.99. The molecule has 4 heteroatoms. The van der Waals surface area contributed by atoms with Gasteiger partial charge in [-0.1, -0.05) is 18.2 Å². The van der Waals surface area contributed by atoms with Crippen molar-refractivity contribution in [2.75, 3.05) is 27.3 Å². The van der Waals surface area contributed by atoms with E-state index in [9.17, 15) is 4.79 Å². The van der Waals surface area contributed by atoms with Crippen LogP contribution in [0.5, 0.6) is 5.75 Å². The first-order valence-corrected chi connectivity index (χ1v) is 4.76. The van der Waals surface area contributed by atoms with E-state index in [0.717, 1.165) is 6.67 Å². The van der Waals surface area contributed by atoms with Gasteiger partial charge in [-0.15, -0.1) is 0 Å². The summed E-state index contributed by atoms with van der Waals surface area (Å²) in [6.45, 7) is 1.36. The number of para-hydroxylation sites is 1. The van der Waals surface area contributed by atoms with E-state index < -0.39 is 0 Å². The van der Waals surface area contributed by atoms with Crippen LogP contribution in [0.4, 0.5) is 0 Å². The first kappa shape index (κ1) is 11.5. The summed E-state index contributed by atoms with van der Waals surface area (Å²) >= 11 is 0. The zero-order chi connectivity index (χ0) is 11.3. The second-order valence-corrected chi connectivity index (χ2v) is 3.58. The topological polar surface area (TPSA) is 43.8 Å². The quantitative estimate of drug-likeness (QED) is 0.684. The number of carbonyl (C=O) groups excluding carboxylic acids is 1. The normalized spacial score (nSPS) is 16.1. The summed E-state index contributed by atoms with van der Waals surface area (Å²) in [6.07, 6.45) is 0. The van der Waals surface area contributed by atoms with Crippen molar-refractivity contribution in [2.24, 2.45) is 0 Å². The minimum absolute atomic E-state index is 0.215. The van der Waals surface area contributed by atoms with E-state index >= 15 is 0 Å². The maximum atomic E-state index is 10.7. The Balaban J connectivity index is 0.000000151. The van der Waals surface area contributed by atoms with Crippen molar-refractivity contribution >= 4 is 5.91 Å². The van der Waals surface area contributed by atoms with Crippen molar-refractivity contribution in [2.45, 2.75) is 0 Å². The van der Waals surface area contributed by atoms with Crippen LogP contribution in [0.2, 0.25) is 0 Å². The standard InChI is InChI=1S/C6H6O.C5H10N2O/c7-6-4-2-1-3-5-6;1-6-3-5(8)7(2)4-6/h1-5,7H;3-4H2,1-2H3. The van der Waals surface area contributed by atoms with Crippen LogP contribution < -0.4 is 0 Å². The molecule has 1 aromatic carbocycles. The molecule has 1 aliphatic rings. The molecular weight excluding hydrogens is 192 g/mol. The molecule has 0 radical (unpaired) electrons. The molecule has 2 rings (SSSR count). The number of carbonyl (C=O) groups is 1. The van der Waals surface area contributed by atoms with Gasteiger partial charge in [0, 0.05) is 7.05 Å². The predicted octanol–water partition coefficient (Wildman–Crippen LogP) is 0.740. The van der Waals surface area contributed by atoms with Gasteiger partial charge in [0.05, 0.1) is 13.2 Å². The molecule has 4 nitrogen and oxygen atoms in total. The van der Waals surface area contributed by atoms with E-state index in [4.69, 9.17) is 5.11 Å². The molecule has 0 spiro atoms. The summed E-state index contributed by atoms with van der Waals surface area (Å²) in [7, 11) is 3.74. The van der Waals surface area contributed by atoms with E-state index in [2.05, 4.69) is 0 Å². The number of rotatable bonds is 0. The largest absolute Gasteiger partial charge is 0.508 e. The molecule has 0 aliphatic carbocycles. The molecule has 1 aromatic rings. The Morgan fingerprint density at radius 1 is 1.20 bits per heavy atom. The molecule has 82 valence electrons. The fourth-order valence-corrected chi connectivity index (χ4v) is 1.27. The third-order valence-electron chi connectivity index (χ3n) is 2.04. The summed E-state index contributed by atoms with van der Waals surface area (Å²) < 4.78 is 0. The van der Waals surface area contributed by atoms with Gasteiger partial charge in [-0.05, 0) is 19.2 Å². The highest BCUT2D eigenvalue weighted by Gasteiger charge is 2.19. The van der Waals surface area contributed by atoms with Gasteiger partial charge in [-0.3, -0.25) is 9.69 Å². The number of benzene rings is 1. The summed E-state index contributed by atoms with van der Waals surface area (Å²) in [4.78, 5) is 14.4. The van der Waals surface area contributed by atoms with Crippen LogP contribution in [0.3, 0.4) is 0 Å². The van der Waals surface area contributed by atoms with E-state index in [1.165, 1.54) is 0 Å². The molecule has 1 N–H and O–H groups in total. The van der Waals surface area contributed by atoms with E-state index in [-0.39, 0.29) is 5.91 Å². The average Bonchev–Trinajstić information content (AvgIpc) is 2.46. The van der Waals surface area contributed by atoms with E-state index in [1.807, 2.05) is 25.1 Å². The predicted molar refractivity (Wildman–Crippen MR) is 58.4 cm³/mol. The molecule has 0 atom stereocenters. The number of phenolic OH excluding ortho intramolecular Hbond substituents is 1. The maximum Gasteiger partial charge on any atom is 0.237 e. The van der Waals surface area contributed by atoms with Gasteiger partial charge < -0.3 is 10.0 Å². The highest BCUT2D eigenvalue weighted by atomic mass is 16.3. The van der Waals surface area contributed by atoms with Crippen molar-refractivity contribution in [1.29, 1.82) is 0 Å². The average molecular weight is 208 g/mol. The summed E-state index contributed by atoms with van der Waals surface area (Å²) in [6, 6.07) is 8.71. The lowest BCUT2D eigenvalue weighted by Gasteiger charge is -2.06. The maximum absolute atomic E-state index is 10.7. The highest BCUT2D eigenvalue weighted by molar-refractivity contribution is 5.79. The fourth-order valence-electron chi connectivity index (χ4n) is 1.27. The van der Waals surface area contributed by atoms with E-state index in [0.29, 0.717) is 12.3 Å². The van der Waals surface area contributed by atoms with Crippen LogP contribution in [0.15, 0.2) is 30.3 Å². The second-order valence-electron chi connectivity index (χ2n) is 3.58. The summed E-state index contributed by atoms with van der Waals surface area (Å²) in [5.74, 6) is 0.537. The van der Waals surface area contributed by atoms with Gasteiger partial charge >= 0.3 is 0 Å². The number of amides is 1. The lowest BCUT2D eigenvalue weighted by molar-refractivity contribution is -0.125. The number of aromatic hydroxyl groups is 1. The van der Waals surface area contributed by atoms with Crippen LogP contribution in [-0.2, 0) is 4.79 Å². The molecule has 1 aliphatic heterocycles. The van der Waals surface area contributed by atoms with E-state index in [1.54, 1.807) is 29.2 Å². The number of hydrogen-bond donors (Lipinski definition) is 1. The fraction of sp³-hybridized carbons (Fsp3) is 0.364. The Morgan fingerprint density at radius 3 is 2.00 bits per heavy atom. The number of likely N-dealkylation sites (N-methyl/N-ethyl adjacent to an activating group) is 2. The van der Waals surface area contributed by atoms with Crippen molar-refractivity contribution in [3.63, 3.8) is 0 Å². The van der Waals surface area contributed by atoms with Crippen molar-refractivity contribution in [1.82, 2.24) is 9.80 Å². The third-order valence-corrected chi connectivity index (χ3v) is 2.04. The number of hydrogen-bond acceptors (Lipinski definition) is 3. The highest BCUT2D eigenvalue weighted by Crippen LogP contribution is 2.02. The van der Waals surface area contributed by atoms with Gasteiger partial charge in [-0.25, -0.2) is 0 Å². The van der Waals surface area contributed by atoms with Gasteiger partial charge in [0.2, 0.25) is 5.91 Å². The Bertz CT molecular complexity index is 314. The Morgan fingerprint density at radius 2 is 1.80 bits per heavy atom. The monoisotopic (exact) mass is 208 g/mol. The molecule has 0 saturated carbocycles. The van der Waals surface area contributed by atoms with Crippen LogP contribution in [0.25, 0.3) is 0 Å². The van der Waals surface area contributed by atoms with Gasteiger partial charge in [0.25, 0.3) is 0 Å². The van der Waals surface area contributed by atoms with Crippen LogP contribution in [0, 0.1) is 0 Å². The molecule has 1 heterocycles. The van der Waals surface area contributed by atoms with Gasteiger partial charge in [0.1, 0.15) is 5.75 Å². The van der Waals surface area contributed by atoms with Crippen LogP contribution in [0.1, 0.15) is 0 Å². The zero-order valence-corrected chi connectivity index (χ0v) is 9.05. The first-order chi connectivity index (χ1) is 7.09.